The number of hydrogen-bond donors (Lipinski definition) is 0. The molecule has 0 spiro atoms. The lowest BCUT2D eigenvalue weighted by atomic mass is 9.86. The first kappa shape index (κ1) is 58.3. The van der Waals surface area contributed by atoms with Gasteiger partial charge in [0.15, 0.2) is 34.9 Å². The molecule has 0 heterocycles. The van der Waals surface area contributed by atoms with Gasteiger partial charge in [-0.3, -0.25) is 0 Å². The fraction of sp³-hybridized carbons (Fsp3) is 0.0645. The lowest BCUT2D eigenvalue weighted by molar-refractivity contribution is 0.447. The Hall–Kier alpha value is -12.3. The van der Waals surface area contributed by atoms with E-state index in [-0.39, 0.29) is 33.4 Å². The topological polar surface area (TPSA) is 160 Å². The van der Waals surface area contributed by atoms with E-state index in [1.807, 2.05) is 0 Å². The first-order valence-corrected chi connectivity index (χ1v) is 23.7. The van der Waals surface area contributed by atoms with Gasteiger partial charge in [0, 0.05) is 57.7 Å². The molecule has 0 aliphatic heterocycles. The molecule has 86 heavy (non-hydrogen) atoms. The van der Waals surface area contributed by atoms with Crippen LogP contribution in [-0.2, 0) is 25.7 Å². The third kappa shape index (κ3) is 8.98. The van der Waals surface area contributed by atoms with Crippen LogP contribution in [0.25, 0.3) is 87.2 Å². The Kier molecular flexibility index (Phi) is 15.1. The number of allylic oxidation sites excluding steroid dienone is 6. The summed E-state index contributed by atoms with van der Waals surface area (Å²) >= 11 is 0. The van der Waals surface area contributed by atoms with Gasteiger partial charge in [0.25, 0.3) is 0 Å². The summed E-state index contributed by atoms with van der Waals surface area (Å²) in [6.07, 6.45) is -2.52. The third-order valence-corrected chi connectivity index (χ3v) is 14.2. The number of fused-ring (bicyclic) bond motifs is 4. The summed E-state index contributed by atoms with van der Waals surface area (Å²) in [6, 6.07) is 13.5. The van der Waals surface area contributed by atoms with Crippen LogP contribution in [0.4, 0.5) is 61.5 Å². The van der Waals surface area contributed by atoms with Gasteiger partial charge in [-0.1, -0.05) is 0 Å². The Morgan fingerprint density at radius 3 is 0.744 bits per heavy atom. The average Bonchev–Trinajstić information content (AvgIpc) is 1.56. The maximum Gasteiger partial charge on any atom is 0.525 e. The van der Waals surface area contributed by atoms with Gasteiger partial charge in [-0.15, -0.1) is 0 Å². The van der Waals surface area contributed by atoms with Crippen LogP contribution < -0.4 is 20.9 Å². The molecule has 0 atom stereocenters. The van der Waals surface area contributed by atoms with E-state index in [4.69, 9.17) is 36.8 Å². The van der Waals surface area contributed by atoms with Gasteiger partial charge in [0.05, 0.1) is 11.1 Å². The van der Waals surface area contributed by atoms with E-state index < -0.39 is 218 Å². The van der Waals surface area contributed by atoms with Crippen molar-refractivity contribution >= 4 is 23.3 Å². The molecule has 4 aliphatic rings. The highest BCUT2D eigenvalue weighted by molar-refractivity contribution is 5.92. The van der Waals surface area contributed by atoms with Crippen LogP contribution in [0.3, 0.4) is 0 Å². The van der Waals surface area contributed by atoms with Gasteiger partial charge in [0.2, 0.25) is 0 Å². The Morgan fingerprint density at radius 1 is 0.326 bits per heavy atom. The number of nitriles is 6. The molecule has 0 aromatic heterocycles. The van der Waals surface area contributed by atoms with Crippen LogP contribution in [-0.4, -0.2) is 0 Å². The van der Waals surface area contributed by atoms with Crippen molar-refractivity contribution in [3.05, 3.63) is 252 Å². The van der Waals surface area contributed by atoms with Crippen LogP contribution in [0.15, 0.2) is 93.6 Å². The van der Waals surface area contributed by atoms with Crippen LogP contribution in [0.2, 0.25) is 0 Å². The van der Waals surface area contributed by atoms with E-state index in [1.165, 1.54) is 36.4 Å². The van der Waals surface area contributed by atoms with Gasteiger partial charge in [0.1, 0.15) is 132 Å². The summed E-state index contributed by atoms with van der Waals surface area (Å²) in [6.45, 7) is 29.2. The van der Waals surface area contributed by atoms with Crippen LogP contribution in [0.5, 0.6) is 0 Å². The standard InChI is InChI=1S/C32H8F6N6.C30H8F8N4/c1-43-32(44-2)19-8-18-27(14-5-24(35)21(12-42)25(36)6-14)28-17(7-16(30(28)37)15(9-39)10-40)26(29(18)31(19)38)13-3-22(33)20(11-41)23(34)4-13;1-41-30(42-2)17-8-16-23(12-5-20(33)29(38)21(34)6-12)24-15(7-14(26(24)35)13(9-39)10-40)22(25(16)27(17)36)11-3-18(31)28(37)19(32)4-11/h3-6H,7-8H2;3-6H,7-8H2. The van der Waals surface area contributed by atoms with Gasteiger partial charge in [-0.25, -0.2) is 61.5 Å². The number of halogens is 14. The predicted octanol–water partition coefficient (Wildman–Crippen LogP) is 12.5. The minimum absolute atomic E-state index is 0.225. The molecule has 4 aliphatic carbocycles. The highest BCUT2D eigenvalue weighted by Gasteiger charge is 2.40. The van der Waals surface area contributed by atoms with E-state index in [2.05, 4.69) is 19.4 Å². The number of hydrogen-bond acceptors (Lipinski definition) is 6. The zero-order valence-corrected chi connectivity index (χ0v) is 42.2. The fourth-order valence-corrected chi connectivity index (χ4v) is 10.7. The summed E-state index contributed by atoms with van der Waals surface area (Å²) in [5, 5.41) is 54.0. The normalized spacial score (nSPS) is 13.0. The zero-order valence-electron chi connectivity index (χ0n) is 42.2. The second-order valence-corrected chi connectivity index (χ2v) is 18.4. The summed E-state index contributed by atoms with van der Waals surface area (Å²) < 4.78 is 210. The Bertz CT molecular complexity index is 4690. The van der Waals surface area contributed by atoms with Crippen molar-refractivity contribution < 1.29 is 61.5 Å². The van der Waals surface area contributed by atoms with E-state index in [0.29, 0.717) is 48.5 Å². The van der Waals surface area contributed by atoms with Gasteiger partial charge >= 0.3 is 11.6 Å². The Morgan fingerprint density at radius 2 is 0.535 bits per heavy atom. The Labute approximate surface area is 473 Å². The van der Waals surface area contributed by atoms with Crippen molar-refractivity contribution in [2.45, 2.75) is 25.7 Å². The maximum absolute atomic E-state index is 16.3. The predicted molar refractivity (Wildman–Crippen MR) is 272 cm³/mol. The van der Waals surface area contributed by atoms with Crippen LogP contribution in [0.1, 0.15) is 33.4 Å². The molecule has 24 heteroatoms. The van der Waals surface area contributed by atoms with Crippen molar-refractivity contribution in [3.63, 3.8) is 0 Å². The van der Waals surface area contributed by atoms with E-state index in [0.717, 1.165) is 0 Å². The SMILES string of the molecule is [C-]#[N+]C([N+]#[C-])=C1Cc2c(-c3cc(F)c(C#N)c(F)c3)c3c(c(-c4cc(F)c(C#N)c(F)c4)c2=C1F)CC(=C(C#N)C#N)C=3F.[C-]#[N+]C([N+]#[C-])=C1Cc2c(-c3cc(F)c(F)c(F)c3)c3c(c(-c4cc(F)c(F)c(F)c4)c2=C1F)CC(=C(C#N)C#N)C=3F. The largest absolute Gasteiger partial charge is 0.525 e. The van der Waals surface area contributed by atoms with Crippen LogP contribution in [0, 0.1) is 152 Å². The molecule has 6 aromatic rings. The first-order chi connectivity index (χ1) is 41.0. The second-order valence-electron chi connectivity index (χ2n) is 18.4. The van der Waals surface area contributed by atoms with E-state index >= 15 is 17.6 Å². The minimum atomic E-state index is -1.87. The zero-order chi connectivity index (χ0) is 62.7. The summed E-state index contributed by atoms with van der Waals surface area (Å²) in [4.78, 5) is 12.0. The van der Waals surface area contributed by atoms with Gasteiger partial charge in [-0.2, -0.15) is 51.0 Å². The summed E-state index contributed by atoms with van der Waals surface area (Å²) in [7, 11) is 0. The van der Waals surface area contributed by atoms with Crippen molar-refractivity contribution in [2.75, 3.05) is 0 Å². The van der Waals surface area contributed by atoms with Gasteiger partial charge in [-0.05, 0) is 115 Å². The molecular weight excluding hydrogens is 1150 g/mol. The van der Waals surface area contributed by atoms with Crippen LogP contribution >= 0.6 is 0 Å². The maximum atomic E-state index is 16.3. The first-order valence-electron chi connectivity index (χ1n) is 23.7. The quantitative estimate of drug-likeness (QED) is 0.0739. The van der Waals surface area contributed by atoms with E-state index in [9.17, 15) is 65.0 Å². The molecule has 0 unspecified atom stereocenters. The lowest BCUT2D eigenvalue weighted by Gasteiger charge is -2.16. The van der Waals surface area contributed by atoms with Gasteiger partial charge < -0.3 is 0 Å². The number of rotatable bonds is 4. The molecule has 0 fully saturated rings. The average molecular weight is 1170 g/mol. The molecule has 6 aromatic carbocycles. The highest BCUT2D eigenvalue weighted by atomic mass is 19.2. The molecule has 10 rings (SSSR count). The molecule has 0 amide bonds. The summed E-state index contributed by atoms with van der Waals surface area (Å²) in [5.41, 5.74) is -9.87. The highest BCUT2D eigenvalue weighted by Crippen LogP contribution is 2.44. The molecule has 10 nitrogen and oxygen atoms in total. The molecule has 0 N–H and O–H groups in total. The third-order valence-electron chi connectivity index (χ3n) is 14.2. The summed E-state index contributed by atoms with van der Waals surface area (Å²) in [5.74, 6) is -22.4. The smallest absolute Gasteiger partial charge is 0.207 e. The molecule has 412 valence electrons. The molecule has 0 radical (unpaired) electrons. The lowest BCUT2D eigenvalue weighted by Crippen LogP contribution is -2.24. The van der Waals surface area contributed by atoms with Crippen molar-refractivity contribution in [1.29, 1.82) is 31.6 Å². The van der Waals surface area contributed by atoms with Crippen molar-refractivity contribution in [2.24, 2.45) is 0 Å². The monoisotopic (exact) mass is 1170 g/mol. The Balaban J connectivity index is 0.000000206. The van der Waals surface area contributed by atoms with E-state index in [1.54, 1.807) is 0 Å². The number of nitrogens with zero attached hydrogens (tertiary/aromatic N) is 10. The van der Waals surface area contributed by atoms with Crippen molar-refractivity contribution in [1.82, 2.24) is 0 Å². The minimum Gasteiger partial charge on any atom is -0.207 e. The number of benzene rings is 6. The molecule has 0 saturated carbocycles. The molecule has 0 bridgehead atoms. The molecular formula is C62H16F14N10. The molecule has 0 saturated heterocycles. The van der Waals surface area contributed by atoms with Crippen molar-refractivity contribution in [3.8, 4) is 80.9 Å². The second kappa shape index (κ2) is 22.2. The fourth-order valence-electron chi connectivity index (χ4n) is 10.7.